The van der Waals surface area contributed by atoms with E-state index in [9.17, 15) is 14.7 Å². The molecule has 1 unspecified atom stereocenters. The molecule has 1 N–H and O–H groups in total. The second-order valence-corrected chi connectivity index (χ2v) is 6.71. The Labute approximate surface area is 141 Å². The molecule has 1 atom stereocenters. The first-order chi connectivity index (χ1) is 11.1. The zero-order chi connectivity index (χ0) is 18.1. The van der Waals surface area contributed by atoms with Gasteiger partial charge in [-0.1, -0.05) is 0 Å². The summed E-state index contributed by atoms with van der Waals surface area (Å²) in [6.45, 7) is 9.99. The molecule has 134 valence electrons. The number of fused-ring (bicyclic) bond motifs is 1. The van der Waals surface area contributed by atoms with Crippen LogP contribution in [0.2, 0.25) is 0 Å². The van der Waals surface area contributed by atoms with E-state index in [1.165, 1.54) is 4.90 Å². The monoisotopic (exact) mass is 339 g/mol. The minimum atomic E-state index is -0.862. The predicted octanol–water partition coefficient (Wildman–Crippen LogP) is 1.86. The molecule has 1 aromatic rings. The molecule has 0 aromatic carbocycles. The summed E-state index contributed by atoms with van der Waals surface area (Å²) in [5.41, 5.74) is -0.0506. The molecule has 8 nitrogen and oxygen atoms in total. The van der Waals surface area contributed by atoms with Gasteiger partial charge >= 0.3 is 12.1 Å². The van der Waals surface area contributed by atoms with Crippen LogP contribution in [0.25, 0.3) is 0 Å². The van der Waals surface area contributed by atoms with Crippen molar-refractivity contribution in [3.63, 3.8) is 0 Å². The van der Waals surface area contributed by atoms with Gasteiger partial charge in [-0.2, -0.15) is 0 Å². The van der Waals surface area contributed by atoms with Crippen molar-refractivity contribution in [3.8, 4) is 0 Å². The Bertz CT molecular complexity index is 630. The smallest absolute Gasteiger partial charge is 0.410 e. The fourth-order valence-corrected chi connectivity index (χ4v) is 2.61. The third-order valence-electron chi connectivity index (χ3n) is 3.53. The molecule has 1 aliphatic heterocycles. The van der Waals surface area contributed by atoms with Crippen LogP contribution >= 0.6 is 0 Å². The number of rotatable bonds is 3. The molecule has 1 aromatic heterocycles. The fourth-order valence-electron chi connectivity index (χ4n) is 2.61. The molecule has 0 radical (unpaired) electrons. The maximum Gasteiger partial charge on any atom is 0.410 e. The van der Waals surface area contributed by atoms with Crippen LogP contribution in [-0.2, 0) is 22.6 Å². The minimum absolute atomic E-state index is 0.105. The number of carbonyl (C=O) groups excluding carboxylic acids is 2. The SMILES string of the molecule is CCOC(=O)c1nc2n(c1C(C)O)CCN(C(=O)OC(C)(C)C)C2. The standard InChI is InChI=1S/C16H25N3O5/c1-6-23-14(21)12-13(10(2)20)19-8-7-18(9-11(19)17-12)15(22)24-16(3,4)5/h10,20H,6-9H2,1-5H3. The number of aliphatic hydroxyl groups excluding tert-OH is 1. The summed E-state index contributed by atoms with van der Waals surface area (Å²) < 4.78 is 12.2. The lowest BCUT2D eigenvalue weighted by Crippen LogP contribution is -2.41. The molecule has 0 aliphatic carbocycles. The van der Waals surface area contributed by atoms with E-state index in [-0.39, 0.29) is 18.8 Å². The topological polar surface area (TPSA) is 93.9 Å². The van der Waals surface area contributed by atoms with Crippen molar-refractivity contribution in [2.75, 3.05) is 13.2 Å². The van der Waals surface area contributed by atoms with Crippen molar-refractivity contribution in [2.45, 2.75) is 59.4 Å². The lowest BCUT2D eigenvalue weighted by Gasteiger charge is -2.31. The molecular weight excluding hydrogens is 314 g/mol. The van der Waals surface area contributed by atoms with Gasteiger partial charge in [-0.25, -0.2) is 14.6 Å². The molecule has 1 amide bonds. The summed E-state index contributed by atoms with van der Waals surface area (Å²) in [5.74, 6) is -0.0369. The molecule has 2 rings (SSSR count). The quantitative estimate of drug-likeness (QED) is 0.845. The number of hydrogen-bond donors (Lipinski definition) is 1. The number of carbonyl (C=O) groups is 2. The molecule has 1 aliphatic rings. The summed E-state index contributed by atoms with van der Waals surface area (Å²) in [4.78, 5) is 30.1. The average molecular weight is 339 g/mol. The largest absolute Gasteiger partial charge is 0.461 e. The van der Waals surface area contributed by atoms with Gasteiger partial charge in [0.1, 0.15) is 11.4 Å². The van der Waals surface area contributed by atoms with Gasteiger partial charge in [-0.3, -0.25) is 4.90 Å². The van der Waals surface area contributed by atoms with E-state index in [1.807, 2.05) is 0 Å². The number of esters is 1. The maximum atomic E-state index is 12.2. The number of hydrogen-bond acceptors (Lipinski definition) is 6. The lowest BCUT2D eigenvalue weighted by molar-refractivity contribution is 0.0192. The van der Waals surface area contributed by atoms with Crippen molar-refractivity contribution in [3.05, 3.63) is 17.2 Å². The van der Waals surface area contributed by atoms with Crippen LogP contribution in [0.4, 0.5) is 4.79 Å². The van der Waals surface area contributed by atoms with Crippen molar-refractivity contribution in [1.82, 2.24) is 14.5 Å². The Morgan fingerprint density at radius 3 is 2.54 bits per heavy atom. The summed E-state index contributed by atoms with van der Waals surface area (Å²) in [5, 5.41) is 10.0. The fraction of sp³-hybridized carbons (Fsp3) is 0.688. The molecular formula is C16H25N3O5. The maximum absolute atomic E-state index is 12.2. The van der Waals surface area contributed by atoms with E-state index in [0.29, 0.717) is 24.6 Å². The van der Waals surface area contributed by atoms with E-state index in [2.05, 4.69) is 4.98 Å². The Morgan fingerprint density at radius 2 is 2.00 bits per heavy atom. The highest BCUT2D eigenvalue weighted by Crippen LogP contribution is 2.25. The Morgan fingerprint density at radius 1 is 1.33 bits per heavy atom. The Balaban J connectivity index is 2.27. The first kappa shape index (κ1) is 18.3. The van der Waals surface area contributed by atoms with E-state index in [4.69, 9.17) is 9.47 Å². The lowest BCUT2D eigenvalue weighted by atomic mass is 10.2. The average Bonchev–Trinajstić information content (AvgIpc) is 2.84. The molecule has 2 heterocycles. The number of aromatic nitrogens is 2. The van der Waals surface area contributed by atoms with Crippen LogP contribution in [-0.4, -0.2) is 50.4 Å². The predicted molar refractivity (Wildman–Crippen MR) is 85.5 cm³/mol. The number of imidazole rings is 1. The Hall–Kier alpha value is -2.09. The van der Waals surface area contributed by atoms with Crippen LogP contribution in [0.3, 0.4) is 0 Å². The van der Waals surface area contributed by atoms with Gasteiger partial charge in [0.15, 0.2) is 5.69 Å². The molecule has 0 saturated heterocycles. The normalized spacial score (nSPS) is 15.7. The number of aliphatic hydroxyl groups is 1. The van der Waals surface area contributed by atoms with Crippen molar-refractivity contribution in [1.29, 1.82) is 0 Å². The minimum Gasteiger partial charge on any atom is -0.461 e. The summed E-state index contributed by atoms with van der Waals surface area (Å²) in [7, 11) is 0. The van der Waals surface area contributed by atoms with Gasteiger partial charge in [-0.15, -0.1) is 0 Å². The number of nitrogens with zero attached hydrogens (tertiary/aromatic N) is 3. The van der Waals surface area contributed by atoms with Gasteiger partial charge in [0.05, 0.1) is 24.9 Å². The molecule has 24 heavy (non-hydrogen) atoms. The van der Waals surface area contributed by atoms with Gasteiger partial charge in [-0.05, 0) is 34.6 Å². The van der Waals surface area contributed by atoms with Crippen LogP contribution < -0.4 is 0 Å². The van der Waals surface area contributed by atoms with E-state index >= 15 is 0 Å². The van der Waals surface area contributed by atoms with E-state index < -0.39 is 23.8 Å². The van der Waals surface area contributed by atoms with Crippen molar-refractivity contribution < 1.29 is 24.2 Å². The molecule has 0 bridgehead atoms. The summed E-state index contributed by atoms with van der Waals surface area (Å²) >= 11 is 0. The van der Waals surface area contributed by atoms with Crippen molar-refractivity contribution >= 4 is 12.1 Å². The Kier molecular flexibility index (Phi) is 5.17. The molecule has 0 spiro atoms. The van der Waals surface area contributed by atoms with E-state index in [1.54, 1.807) is 39.2 Å². The third-order valence-corrected chi connectivity index (χ3v) is 3.53. The second kappa shape index (κ2) is 6.80. The van der Waals surface area contributed by atoms with Crippen LogP contribution in [0.15, 0.2) is 0 Å². The highest BCUT2D eigenvalue weighted by molar-refractivity contribution is 5.89. The highest BCUT2D eigenvalue weighted by atomic mass is 16.6. The number of amides is 1. The number of ether oxygens (including phenoxy) is 2. The van der Waals surface area contributed by atoms with Gasteiger partial charge < -0.3 is 19.1 Å². The molecule has 8 heteroatoms. The summed E-state index contributed by atoms with van der Waals surface area (Å²) in [6, 6.07) is 0. The van der Waals surface area contributed by atoms with Gasteiger partial charge in [0, 0.05) is 13.1 Å². The van der Waals surface area contributed by atoms with E-state index in [0.717, 1.165) is 0 Å². The van der Waals surface area contributed by atoms with Gasteiger partial charge in [0.2, 0.25) is 0 Å². The molecule has 0 fully saturated rings. The van der Waals surface area contributed by atoms with Crippen LogP contribution in [0.1, 0.15) is 62.7 Å². The van der Waals surface area contributed by atoms with Crippen LogP contribution in [0, 0.1) is 0 Å². The first-order valence-electron chi connectivity index (χ1n) is 8.06. The second-order valence-electron chi connectivity index (χ2n) is 6.71. The molecule has 0 saturated carbocycles. The van der Waals surface area contributed by atoms with Gasteiger partial charge in [0.25, 0.3) is 0 Å². The van der Waals surface area contributed by atoms with Crippen molar-refractivity contribution in [2.24, 2.45) is 0 Å². The highest BCUT2D eigenvalue weighted by Gasteiger charge is 2.32. The summed E-state index contributed by atoms with van der Waals surface area (Å²) in [6.07, 6.45) is -1.29. The zero-order valence-corrected chi connectivity index (χ0v) is 14.8. The zero-order valence-electron chi connectivity index (χ0n) is 14.8. The first-order valence-corrected chi connectivity index (χ1v) is 8.06. The van der Waals surface area contributed by atoms with Crippen LogP contribution in [0.5, 0.6) is 0 Å². The third kappa shape index (κ3) is 3.87.